The summed E-state index contributed by atoms with van der Waals surface area (Å²) in [6.07, 6.45) is 1.71. The summed E-state index contributed by atoms with van der Waals surface area (Å²) in [5.74, 6) is 0. The Hall–Kier alpha value is -2.35. The molecule has 2 aromatic heterocycles. The molecule has 4 rings (SSSR count). The summed E-state index contributed by atoms with van der Waals surface area (Å²) in [6, 6.07) is 13.6. The first kappa shape index (κ1) is 18.0. The lowest BCUT2D eigenvalue weighted by atomic mass is 10.1. The SMILES string of the molecule is CC(C)(CO)S(=O)c1cccc2c(Nc3ccc4scnc4c3)ccnc12. The topological polar surface area (TPSA) is 75.1 Å². The second kappa shape index (κ2) is 6.99. The van der Waals surface area contributed by atoms with Gasteiger partial charge >= 0.3 is 0 Å². The van der Waals surface area contributed by atoms with Gasteiger partial charge in [-0.1, -0.05) is 12.1 Å². The zero-order valence-electron chi connectivity index (χ0n) is 15.0. The zero-order chi connectivity index (χ0) is 19.0. The number of hydrogen-bond donors (Lipinski definition) is 2. The molecular formula is C20H19N3O2S2. The summed E-state index contributed by atoms with van der Waals surface area (Å²) < 4.78 is 13.4. The molecule has 2 N–H and O–H groups in total. The molecule has 0 bridgehead atoms. The predicted molar refractivity (Wildman–Crippen MR) is 112 cm³/mol. The molecule has 0 aliphatic rings. The molecule has 0 aliphatic carbocycles. The largest absolute Gasteiger partial charge is 0.395 e. The molecule has 0 saturated carbocycles. The van der Waals surface area contributed by atoms with Crippen molar-refractivity contribution in [3.63, 3.8) is 0 Å². The third-order valence-corrected chi connectivity index (χ3v) is 7.10. The Kier molecular flexibility index (Phi) is 4.67. The molecule has 2 aromatic carbocycles. The predicted octanol–water partition coefficient (Wildman–Crippen LogP) is 4.47. The van der Waals surface area contributed by atoms with E-state index in [1.54, 1.807) is 31.4 Å². The van der Waals surface area contributed by atoms with Crippen molar-refractivity contribution in [2.45, 2.75) is 23.5 Å². The zero-order valence-corrected chi connectivity index (χ0v) is 16.6. The fourth-order valence-electron chi connectivity index (χ4n) is 2.85. The average molecular weight is 398 g/mol. The van der Waals surface area contributed by atoms with Gasteiger partial charge in [-0.3, -0.25) is 9.19 Å². The monoisotopic (exact) mass is 397 g/mol. The number of rotatable bonds is 5. The lowest BCUT2D eigenvalue weighted by Gasteiger charge is -2.21. The van der Waals surface area contributed by atoms with Crippen molar-refractivity contribution in [2.24, 2.45) is 0 Å². The van der Waals surface area contributed by atoms with Gasteiger partial charge < -0.3 is 10.4 Å². The van der Waals surface area contributed by atoms with Gasteiger partial charge in [0.1, 0.15) is 0 Å². The van der Waals surface area contributed by atoms with E-state index >= 15 is 0 Å². The summed E-state index contributed by atoms with van der Waals surface area (Å²) in [4.78, 5) is 9.46. The maximum atomic E-state index is 13.0. The van der Waals surface area contributed by atoms with Crippen molar-refractivity contribution >= 4 is 54.6 Å². The number of nitrogens with zero attached hydrogens (tertiary/aromatic N) is 2. The summed E-state index contributed by atoms with van der Waals surface area (Å²) in [7, 11) is -1.39. The van der Waals surface area contributed by atoms with Crippen LogP contribution in [0.3, 0.4) is 0 Å². The second-order valence-corrected chi connectivity index (χ2v) is 9.83. The van der Waals surface area contributed by atoms with Gasteiger partial charge in [-0.2, -0.15) is 0 Å². The van der Waals surface area contributed by atoms with E-state index in [0.29, 0.717) is 10.4 Å². The molecule has 0 saturated heterocycles. The summed E-state index contributed by atoms with van der Waals surface area (Å²) >= 11 is 1.61. The molecule has 0 spiro atoms. The minimum absolute atomic E-state index is 0.165. The van der Waals surface area contributed by atoms with Crippen molar-refractivity contribution in [1.82, 2.24) is 9.97 Å². The van der Waals surface area contributed by atoms with E-state index in [4.69, 9.17) is 0 Å². The molecular weight excluding hydrogens is 378 g/mol. The van der Waals surface area contributed by atoms with Gasteiger partial charge in [-0.05, 0) is 44.2 Å². The van der Waals surface area contributed by atoms with Crippen LogP contribution in [0.5, 0.6) is 0 Å². The number of aromatic nitrogens is 2. The van der Waals surface area contributed by atoms with Crippen LogP contribution in [0, 0.1) is 0 Å². The quantitative estimate of drug-likeness (QED) is 0.520. The molecule has 0 fully saturated rings. The Bertz CT molecular complexity index is 1150. The molecule has 0 radical (unpaired) electrons. The number of hydrogen-bond acceptors (Lipinski definition) is 6. The van der Waals surface area contributed by atoms with Crippen LogP contribution in [0.15, 0.2) is 59.1 Å². The first-order valence-corrected chi connectivity index (χ1v) is 10.5. The molecule has 138 valence electrons. The third kappa shape index (κ3) is 3.34. The number of para-hydroxylation sites is 1. The van der Waals surface area contributed by atoms with E-state index in [1.807, 2.05) is 48.0 Å². The van der Waals surface area contributed by atoms with E-state index in [9.17, 15) is 9.32 Å². The molecule has 0 amide bonds. The number of pyridine rings is 1. The number of nitrogens with one attached hydrogen (secondary N) is 1. The molecule has 7 heteroatoms. The van der Waals surface area contributed by atoms with Crippen LogP contribution < -0.4 is 5.32 Å². The number of anilines is 2. The van der Waals surface area contributed by atoms with E-state index in [2.05, 4.69) is 15.3 Å². The van der Waals surface area contributed by atoms with Gasteiger partial charge in [0, 0.05) is 23.0 Å². The molecule has 27 heavy (non-hydrogen) atoms. The molecule has 2 heterocycles. The Balaban J connectivity index is 1.78. The number of thiazole rings is 1. The number of aliphatic hydroxyl groups excluding tert-OH is 1. The van der Waals surface area contributed by atoms with Gasteiger partial charge in [0.25, 0.3) is 0 Å². The van der Waals surface area contributed by atoms with Crippen molar-refractivity contribution < 1.29 is 9.32 Å². The van der Waals surface area contributed by atoms with Crippen LogP contribution in [0.4, 0.5) is 11.4 Å². The van der Waals surface area contributed by atoms with Gasteiger partial charge in [-0.15, -0.1) is 11.3 Å². The van der Waals surface area contributed by atoms with E-state index in [-0.39, 0.29) is 6.61 Å². The number of aliphatic hydroxyl groups is 1. The van der Waals surface area contributed by atoms with Crippen LogP contribution in [0.1, 0.15) is 13.8 Å². The van der Waals surface area contributed by atoms with Gasteiger partial charge in [0.05, 0.1) is 48.3 Å². The lowest BCUT2D eigenvalue weighted by Crippen LogP contribution is -2.31. The van der Waals surface area contributed by atoms with Gasteiger partial charge in [0.2, 0.25) is 0 Å². The summed E-state index contributed by atoms with van der Waals surface area (Å²) in [6.45, 7) is 3.40. The number of fused-ring (bicyclic) bond motifs is 2. The Morgan fingerprint density at radius 3 is 2.85 bits per heavy atom. The van der Waals surface area contributed by atoms with E-state index in [0.717, 1.165) is 27.0 Å². The van der Waals surface area contributed by atoms with Crippen LogP contribution in [-0.2, 0) is 10.8 Å². The molecule has 1 unspecified atom stereocenters. The van der Waals surface area contributed by atoms with Gasteiger partial charge in [0.15, 0.2) is 0 Å². The highest BCUT2D eigenvalue weighted by molar-refractivity contribution is 7.86. The average Bonchev–Trinajstić information content (AvgIpc) is 3.15. The molecule has 4 aromatic rings. The molecule has 0 aliphatic heterocycles. The van der Waals surface area contributed by atoms with E-state index < -0.39 is 15.5 Å². The second-order valence-electron chi connectivity index (χ2n) is 6.86. The fourth-order valence-corrected chi connectivity index (χ4v) is 4.77. The van der Waals surface area contributed by atoms with Crippen LogP contribution in [0.25, 0.3) is 21.1 Å². The van der Waals surface area contributed by atoms with Crippen molar-refractivity contribution in [3.8, 4) is 0 Å². The van der Waals surface area contributed by atoms with Crippen LogP contribution in [0.2, 0.25) is 0 Å². The normalized spacial score (nSPS) is 13.1. The van der Waals surface area contributed by atoms with Crippen molar-refractivity contribution in [3.05, 3.63) is 54.2 Å². The van der Waals surface area contributed by atoms with E-state index in [1.165, 1.54) is 0 Å². The molecule has 5 nitrogen and oxygen atoms in total. The third-order valence-electron chi connectivity index (χ3n) is 4.43. The first-order chi connectivity index (χ1) is 13.0. The minimum Gasteiger partial charge on any atom is -0.395 e. The minimum atomic E-state index is -1.39. The lowest BCUT2D eigenvalue weighted by molar-refractivity contribution is 0.262. The highest BCUT2D eigenvalue weighted by atomic mass is 32.2. The Morgan fingerprint density at radius 1 is 1.19 bits per heavy atom. The highest BCUT2D eigenvalue weighted by Gasteiger charge is 2.28. The van der Waals surface area contributed by atoms with Crippen molar-refractivity contribution in [2.75, 3.05) is 11.9 Å². The Labute approximate surface area is 163 Å². The van der Waals surface area contributed by atoms with Crippen molar-refractivity contribution in [1.29, 1.82) is 0 Å². The van der Waals surface area contributed by atoms with Crippen LogP contribution in [-0.4, -0.2) is 30.6 Å². The summed E-state index contributed by atoms with van der Waals surface area (Å²) in [5, 5.41) is 13.9. The standard InChI is InChI=1S/C20H19N3O2S2/c1-20(2,11-24)27(25)18-5-3-4-14-15(8-9-21-19(14)18)23-13-6-7-17-16(10-13)22-12-26-17/h3-10,12,24H,11H2,1-2H3,(H,21,23). The molecule has 1 atom stereocenters. The fraction of sp³-hybridized carbons (Fsp3) is 0.200. The maximum absolute atomic E-state index is 13.0. The smallest absolute Gasteiger partial charge is 0.0884 e. The Morgan fingerprint density at radius 2 is 2.04 bits per heavy atom. The highest BCUT2D eigenvalue weighted by Crippen LogP contribution is 2.32. The van der Waals surface area contributed by atoms with Crippen LogP contribution >= 0.6 is 11.3 Å². The van der Waals surface area contributed by atoms with Gasteiger partial charge in [-0.25, -0.2) is 4.98 Å². The first-order valence-electron chi connectivity index (χ1n) is 8.50. The number of benzene rings is 2. The summed E-state index contributed by atoms with van der Waals surface area (Å²) in [5.41, 5.74) is 5.28. The maximum Gasteiger partial charge on any atom is 0.0884 e.